The Kier molecular flexibility index (Phi) is 3.87. The average Bonchev–Trinajstić information content (AvgIpc) is 3.12. The van der Waals surface area contributed by atoms with Gasteiger partial charge in [-0.15, -0.1) is 11.3 Å². The maximum Gasteiger partial charge on any atom is 0.416 e. The maximum absolute atomic E-state index is 12.6. The Morgan fingerprint density at radius 3 is 2.38 bits per heavy atom. The average molecular weight is 354 g/mol. The monoisotopic (exact) mass is 354 g/mol. The maximum atomic E-state index is 12.6. The summed E-state index contributed by atoms with van der Waals surface area (Å²) in [4.78, 5) is 26.5. The van der Waals surface area contributed by atoms with E-state index in [1.54, 1.807) is 24.4 Å². The Hall–Kier alpha value is -2.35. The fraction of sp³-hybridized carbons (Fsp3) is 0.250. The van der Waals surface area contributed by atoms with Gasteiger partial charge in [-0.1, -0.05) is 18.2 Å². The number of urea groups is 1. The minimum atomic E-state index is -4.42. The first-order valence-electron chi connectivity index (χ1n) is 7.06. The number of hydrogen-bond acceptors (Lipinski definition) is 3. The van der Waals surface area contributed by atoms with Gasteiger partial charge >= 0.3 is 12.2 Å². The molecule has 1 aromatic carbocycles. The third-order valence-electron chi connectivity index (χ3n) is 3.91. The lowest BCUT2D eigenvalue weighted by molar-refractivity contribution is -0.137. The molecule has 1 aliphatic heterocycles. The molecular formula is C16H13F3N2O2S. The van der Waals surface area contributed by atoms with Crippen LogP contribution in [-0.2, 0) is 23.1 Å². The van der Waals surface area contributed by atoms with Gasteiger partial charge < -0.3 is 5.32 Å². The van der Waals surface area contributed by atoms with E-state index in [0.717, 1.165) is 17.0 Å². The number of benzene rings is 1. The SMILES string of the molecule is CC1(c2cccs2)NC(=O)N(Cc2ccc(C(F)(F)F)cc2)C1=O. The van der Waals surface area contributed by atoms with Crippen LogP contribution in [0.25, 0.3) is 0 Å². The molecule has 8 heteroatoms. The predicted octanol–water partition coefficient (Wildman–Crippen LogP) is 3.73. The number of nitrogens with one attached hydrogen (secondary N) is 1. The number of amides is 3. The molecule has 0 spiro atoms. The Labute approximate surface area is 139 Å². The van der Waals surface area contributed by atoms with Crippen molar-refractivity contribution in [1.29, 1.82) is 0 Å². The van der Waals surface area contributed by atoms with Crippen LogP contribution in [0.5, 0.6) is 0 Å². The topological polar surface area (TPSA) is 49.4 Å². The van der Waals surface area contributed by atoms with Crippen LogP contribution in [0.1, 0.15) is 22.9 Å². The van der Waals surface area contributed by atoms with Gasteiger partial charge in [0, 0.05) is 4.88 Å². The molecule has 1 atom stereocenters. The van der Waals surface area contributed by atoms with E-state index >= 15 is 0 Å². The second kappa shape index (κ2) is 5.62. The van der Waals surface area contributed by atoms with Crippen LogP contribution in [0, 0.1) is 0 Å². The number of carbonyl (C=O) groups is 2. The lowest BCUT2D eigenvalue weighted by Gasteiger charge is -2.20. The van der Waals surface area contributed by atoms with Crippen LogP contribution in [0.2, 0.25) is 0 Å². The Morgan fingerprint density at radius 2 is 1.83 bits per heavy atom. The highest BCUT2D eigenvalue weighted by Gasteiger charge is 2.49. The number of nitrogens with zero attached hydrogens (tertiary/aromatic N) is 1. The van der Waals surface area contributed by atoms with Crippen molar-refractivity contribution in [3.63, 3.8) is 0 Å². The first kappa shape index (κ1) is 16.5. The zero-order valence-corrected chi connectivity index (χ0v) is 13.4. The van der Waals surface area contributed by atoms with Crippen molar-refractivity contribution in [2.24, 2.45) is 0 Å². The van der Waals surface area contributed by atoms with Gasteiger partial charge in [-0.3, -0.25) is 9.69 Å². The minimum Gasteiger partial charge on any atom is -0.319 e. The molecule has 24 heavy (non-hydrogen) atoms. The summed E-state index contributed by atoms with van der Waals surface area (Å²) in [5, 5.41) is 4.46. The van der Waals surface area contributed by atoms with E-state index in [4.69, 9.17) is 0 Å². The van der Waals surface area contributed by atoms with Crippen molar-refractivity contribution in [1.82, 2.24) is 10.2 Å². The van der Waals surface area contributed by atoms with E-state index in [-0.39, 0.29) is 6.54 Å². The van der Waals surface area contributed by atoms with E-state index in [9.17, 15) is 22.8 Å². The molecule has 2 heterocycles. The van der Waals surface area contributed by atoms with Gasteiger partial charge in [0.25, 0.3) is 5.91 Å². The van der Waals surface area contributed by atoms with E-state index < -0.39 is 29.2 Å². The van der Waals surface area contributed by atoms with Gasteiger partial charge in [0.1, 0.15) is 0 Å². The summed E-state index contributed by atoms with van der Waals surface area (Å²) >= 11 is 1.35. The van der Waals surface area contributed by atoms with Crippen molar-refractivity contribution in [2.45, 2.75) is 25.2 Å². The first-order chi connectivity index (χ1) is 11.2. The summed E-state index contributed by atoms with van der Waals surface area (Å²) in [5.41, 5.74) is -1.47. The number of hydrogen-bond donors (Lipinski definition) is 1. The highest BCUT2D eigenvalue weighted by molar-refractivity contribution is 7.10. The van der Waals surface area contributed by atoms with E-state index in [1.807, 2.05) is 0 Å². The van der Waals surface area contributed by atoms with Gasteiger partial charge in [0.05, 0.1) is 12.1 Å². The number of imide groups is 1. The molecular weight excluding hydrogens is 341 g/mol. The molecule has 0 aliphatic carbocycles. The largest absolute Gasteiger partial charge is 0.416 e. The number of halogens is 3. The lowest BCUT2D eigenvalue weighted by atomic mass is 10.0. The molecule has 4 nitrogen and oxygen atoms in total. The molecule has 0 saturated carbocycles. The van der Waals surface area contributed by atoms with E-state index in [0.29, 0.717) is 10.4 Å². The fourth-order valence-electron chi connectivity index (χ4n) is 2.55. The zero-order valence-electron chi connectivity index (χ0n) is 12.6. The Morgan fingerprint density at radius 1 is 1.17 bits per heavy atom. The summed E-state index contributed by atoms with van der Waals surface area (Å²) in [6, 6.07) is 7.39. The third kappa shape index (κ3) is 2.77. The molecule has 1 fully saturated rings. The second-order valence-corrected chi connectivity index (χ2v) is 6.57. The molecule has 3 amide bonds. The highest BCUT2D eigenvalue weighted by atomic mass is 32.1. The van der Waals surface area contributed by atoms with Gasteiger partial charge in [0.2, 0.25) is 0 Å². The van der Waals surface area contributed by atoms with Gasteiger partial charge in [0.15, 0.2) is 5.54 Å². The molecule has 2 aromatic rings. The molecule has 1 saturated heterocycles. The third-order valence-corrected chi connectivity index (χ3v) is 5.00. The van der Waals surface area contributed by atoms with Crippen LogP contribution >= 0.6 is 11.3 Å². The molecule has 1 N–H and O–H groups in total. The van der Waals surface area contributed by atoms with Crippen LogP contribution in [-0.4, -0.2) is 16.8 Å². The van der Waals surface area contributed by atoms with E-state index in [2.05, 4.69) is 5.32 Å². The molecule has 1 aromatic heterocycles. The van der Waals surface area contributed by atoms with Crippen LogP contribution < -0.4 is 5.32 Å². The Bertz CT molecular complexity index is 772. The quantitative estimate of drug-likeness (QED) is 0.854. The molecule has 1 aliphatic rings. The first-order valence-corrected chi connectivity index (χ1v) is 7.94. The number of rotatable bonds is 3. The summed E-state index contributed by atoms with van der Waals surface area (Å²) in [6.07, 6.45) is -4.42. The van der Waals surface area contributed by atoms with Gasteiger partial charge in [-0.05, 0) is 36.1 Å². The number of carbonyl (C=O) groups excluding carboxylic acids is 2. The zero-order chi connectivity index (χ0) is 17.5. The summed E-state index contributed by atoms with van der Waals surface area (Å²) in [6.45, 7) is 1.54. The summed E-state index contributed by atoms with van der Waals surface area (Å²) < 4.78 is 37.7. The summed E-state index contributed by atoms with van der Waals surface area (Å²) in [7, 11) is 0. The van der Waals surface area contributed by atoms with Crippen molar-refractivity contribution in [2.75, 3.05) is 0 Å². The highest BCUT2D eigenvalue weighted by Crippen LogP contribution is 2.33. The van der Waals surface area contributed by atoms with Crippen molar-refractivity contribution < 1.29 is 22.8 Å². The normalized spacial score (nSPS) is 21.2. The minimum absolute atomic E-state index is 0.0796. The second-order valence-electron chi connectivity index (χ2n) is 5.62. The van der Waals surface area contributed by atoms with Gasteiger partial charge in [-0.2, -0.15) is 13.2 Å². The van der Waals surface area contributed by atoms with Crippen LogP contribution in [0.15, 0.2) is 41.8 Å². The molecule has 0 bridgehead atoms. The molecule has 3 rings (SSSR count). The van der Waals surface area contributed by atoms with Gasteiger partial charge in [-0.25, -0.2) is 4.79 Å². The molecule has 126 valence electrons. The van der Waals surface area contributed by atoms with Crippen LogP contribution in [0.3, 0.4) is 0 Å². The number of alkyl halides is 3. The standard InChI is InChI=1S/C16H13F3N2O2S/c1-15(12-3-2-8-24-12)13(22)21(14(23)20-15)9-10-4-6-11(7-5-10)16(17,18)19/h2-8H,9H2,1H3,(H,20,23). The smallest absolute Gasteiger partial charge is 0.319 e. The number of thiophene rings is 1. The lowest BCUT2D eigenvalue weighted by Crippen LogP contribution is -2.40. The Balaban J connectivity index is 1.81. The predicted molar refractivity (Wildman–Crippen MR) is 82.2 cm³/mol. The molecule has 1 unspecified atom stereocenters. The van der Waals surface area contributed by atoms with Crippen molar-refractivity contribution >= 4 is 23.3 Å². The van der Waals surface area contributed by atoms with Crippen LogP contribution in [0.4, 0.5) is 18.0 Å². The molecule has 0 radical (unpaired) electrons. The van der Waals surface area contributed by atoms with E-state index in [1.165, 1.54) is 23.5 Å². The van der Waals surface area contributed by atoms with Crippen molar-refractivity contribution in [3.05, 3.63) is 57.8 Å². The fourth-order valence-corrected chi connectivity index (χ4v) is 3.39. The summed E-state index contributed by atoms with van der Waals surface area (Å²) in [5.74, 6) is -0.421. The van der Waals surface area contributed by atoms with Crippen molar-refractivity contribution in [3.8, 4) is 0 Å².